The average molecular weight is 692 g/mol. The molecule has 0 N–H and O–H groups in total. The van der Waals surface area contributed by atoms with Gasteiger partial charge in [0.05, 0.1) is 0 Å². The van der Waals surface area contributed by atoms with Gasteiger partial charge >= 0.3 is 21.1 Å². The van der Waals surface area contributed by atoms with E-state index in [0.717, 1.165) is 44.2 Å². The summed E-state index contributed by atoms with van der Waals surface area (Å²) >= 11 is 0. The zero-order chi connectivity index (χ0) is 25.8. The molecule has 8 rings (SSSR count). The topological polar surface area (TPSA) is 19.1 Å². The van der Waals surface area contributed by atoms with Crippen molar-refractivity contribution in [1.29, 1.82) is 0 Å². The Hall–Kier alpha value is -4.59. The van der Waals surface area contributed by atoms with Gasteiger partial charge in [-0.3, -0.25) is 0 Å². The Morgan fingerprint density at radius 2 is 0.900 bits per heavy atom. The molecule has 0 atom stereocenters. The first-order valence-corrected chi connectivity index (χ1v) is 12.9. The quantitative estimate of drug-likeness (QED) is 0.169. The van der Waals surface area contributed by atoms with Crippen LogP contribution in [0, 0.1) is 24.3 Å². The van der Waals surface area contributed by atoms with Crippen LogP contribution in [0.15, 0.2) is 121 Å². The SMILES string of the molecule is [Pt+4].[c-]1ccccc1-n1c2[c-]c(Oc3[c-]c4c(cc3)c3ccccc3n4-c3[c-]cccc3)ccc2c2ccccc21. The van der Waals surface area contributed by atoms with Crippen LogP contribution in [0.4, 0.5) is 0 Å². The van der Waals surface area contributed by atoms with Crippen molar-refractivity contribution in [3.8, 4) is 22.9 Å². The summed E-state index contributed by atoms with van der Waals surface area (Å²) in [5, 5.41) is 4.58. The Labute approximate surface area is 246 Å². The van der Waals surface area contributed by atoms with Gasteiger partial charge in [-0.15, -0.1) is 47.2 Å². The van der Waals surface area contributed by atoms with E-state index in [1.54, 1.807) is 0 Å². The monoisotopic (exact) mass is 691 g/mol. The Morgan fingerprint density at radius 3 is 1.35 bits per heavy atom. The fraction of sp³-hybridized carbons (Fsp3) is 0. The number of benzene rings is 6. The van der Waals surface area contributed by atoms with Gasteiger partial charge in [-0.25, -0.2) is 0 Å². The normalized spacial score (nSPS) is 11.3. The van der Waals surface area contributed by atoms with Gasteiger partial charge in [0.25, 0.3) is 0 Å². The van der Waals surface area contributed by atoms with Crippen molar-refractivity contribution in [3.63, 3.8) is 0 Å². The average Bonchev–Trinajstić information content (AvgIpc) is 3.50. The fourth-order valence-corrected chi connectivity index (χ4v) is 5.53. The maximum atomic E-state index is 6.41. The Bertz CT molecular complexity index is 1990. The first-order chi connectivity index (χ1) is 19.3. The fourth-order valence-electron chi connectivity index (χ4n) is 5.53. The van der Waals surface area contributed by atoms with Gasteiger partial charge in [0, 0.05) is 22.5 Å². The molecule has 3 nitrogen and oxygen atoms in total. The van der Waals surface area contributed by atoms with E-state index in [2.05, 4.69) is 106 Å². The van der Waals surface area contributed by atoms with E-state index in [0.29, 0.717) is 11.5 Å². The number of ether oxygens (including phenoxy) is 1. The van der Waals surface area contributed by atoms with E-state index in [1.807, 2.05) is 48.5 Å². The summed E-state index contributed by atoms with van der Waals surface area (Å²) in [5.41, 5.74) is 6.05. The van der Waals surface area contributed by atoms with Crippen molar-refractivity contribution in [3.05, 3.63) is 146 Å². The van der Waals surface area contributed by atoms with Gasteiger partial charge in [0.15, 0.2) is 0 Å². The molecule has 40 heavy (non-hydrogen) atoms. The molecular formula is C36H20N2OPt. The van der Waals surface area contributed by atoms with Crippen LogP contribution in [0.5, 0.6) is 11.5 Å². The number of rotatable bonds is 4. The maximum absolute atomic E-state index is 6.41. The van der Waals surface area contributed by atoms with E-state index >= 15 is 0 Å². The molecule has 0 fully saturated rings. The van der Waals surface area contributed by atoms with Crippen molar-refractivity contribution in [1.82, 2.24) is 9.13 Å². The third-order valence-electron chi connectivity index (χ3n) is 7.20. The van der Waals surface area contributed by atoms with Crippen LogP contribution in [0.1, 0.15) is 0 Å². The summed E-state index contributed by atoms with van der Waals surface area (Å²) in [7, 11) is 0. The first kappa shape index (κ1) is 24.4. The molecule has 0 bridgehead atoms. The Kier molecular flexibility index (Phi) is 6.03. The zero-order valence-electron chi connectivity index (χ0n) is 21.2. The molecule has 8 aromatic rings. The van der Waals surface area contributed by atoms with E-state index in [4.69, 9.17) is 4.74 Å². The molecule has 0 aliphatic carbocycles. The van der Waals surface area contributed by atoms with E-state index < -0.39 is 0 Å². The molecule has 0 aliphatic heterocycles. The van der Waals surface area contributed by atoms with Crippen LogP contribution in [0.3, 0.4) is 0 Å². The van der Waals surface area contributed by atoms with Crippen LogP contribution in [-0.4, -0.2) is 9.13 Å². The van der Waals surface area contributed by atoms with Gasteiger partial charge in [-0.2, -0.15) is 60.7 Å². The standard InChI is InChI=1S/C36H20N2O.Pt/c1-3-11-25(12-4-1)37-33-17-9-7-15-29(33)31-21-19-27(23-35(31)37)39-28-20-22-32-30-16-8-10-18-34(30)38(36(32)24-28)26-13-5-2-6-14-26;/h1-11,13,15-22H;/q-4;+4. The summed E-state index contributed by atoms with van der Waals surface area (Å²) in [6.07, 6.45) is 0. The smallest absolute Gasteiger partial charge is 0.509 e. The Balaban J connectivity index is 0.00000264. The van der Waals surface area contributed by atoms with Crippen LogP contribution in [0.2, 0.25) is 0 Å². The van der Waals surface area contributed by atoms with Gasteiger partial charge in [-0.05, 0) is 22.9 Å². The third kappa shape index (κ3) is 3.85. The van der Waals surface area contributed by atoms with Gasteiger partial charge in [0.2, 0.25) is 0 Å². The molecule has 0 radical (unpaired) electrons. The molecule has 0 aliphatic rings. The number of para-hydroxylation sites is 4. The van der Waals surface area contributed by atoms with E-state index in [1.165, 1.54) is 10.8 Å². The minimum Gasteiger partial charge on any atom is -0.509 e. The number of hydrogen-bond donors (Lipinski definition) is 0. The van der Waals surface area contributed by atoms with Crippen LogP contribution in [-0.2, 0) is 21.1 Å². The Morgan fingerprint density at radius 1 is 0.450 bits per heavy atom. The maximum Gasteiger partial charge on any atom is 4.00 e. The van der Waals surface area contributed by atoms with Gasteiger partial charge < -0.3 is 13.9 Å². The predicted octanol–water partition coefficient (Wildman–Crippen LogP) is 8.87. The molecule has 6 aromatic carbocycles. The van der Waals surface area contributed by atoms with E-state index in [-0.39, 0.29) is 21.1 Å². The van der Waals surface area contributed by atoms with Crippen molar-refractivity contribution >= 4 is 43.6 Å². The third-order valence-corrected chi connectivity index (χ3v) is 7.20. The molecular weight excluding hydrogens is 671 g/mol. The zero-order valence-corrected chi connectivity index (χ0v) is 23.4. The van der Waals surface area contributed by atoms with Crippen LogP contribution in [0.25, 0.3) is 55.0 Å². The summed E-state index contributed by atoms with van der Waals surface area (Å²) in [6, 6.07) is 54.8. The minimum absolute atomic E-state index is 0. The molecule has 2 heterocycles. The van der Waals surface area contributed by atoms with Crippen molar-refractivity contribution in [2.45, 2.75) is 0 Å². The van der Waals surface area contributed by atoms with Crippen LogP contribution < -0.4 is 4.74 Å². The molecule has 4 heteroatoms. The van der Waals surface area contributed by atoms with Gasteiger partial charge in [0.1, 0.15) is 0 Å². The van der Waals surface area contributed by atoms with Crippen molar-refractivity contribution < 1.29 is 25.8 Å². The summed E-state index contributed by atoms with van der Waals surface area (Å²) in [5.74, 6) is 1.26. The number of nitrogens with zero attached hydrogens (tertiary/aromatic N) is 2. The van der Waals surface area contributed by atoms with Crippen LogP contribution >= 0.6 is 0 Å². The number of hydrogen-bond acceptors (Lipinski definition) is 1. The molecule has 0 amide bonds. The molecule has 2 aromatic heterocycles. The minimum atomic E-state index is 0. The summed E-state index contributed by atoms with van der Waals surface area (Å²) in [6.45, 7) is 0. The second kappa shape index (κ2) is 9.86. The summed E-state index contributed by atoms with van der Waals surface area (Å²) in [4.78, 5) is 0. The first-order valence-electron chi connectivity index (χ1n) is 12.9. The van der Waals surface area contributed by atoms with E-state index in [9.17, 15) is 0 Å². The number of aromatic nitrogens is 2. The second-order valence-corrected chi connectivity index (χ2v) is 9.47. The van der Waals surface area contributed by atoms with Gasteiger partial charge in [-0.1, -0.05) is 58.8 Å². The molecule has 0 saturated heterocycles. The molecule has 190 valence electrons. The second-order valence-electron chi connectivity index (χ2n) is 9.47. The molecule has 0 spiro atoms. The summed E-state index contributed by atoms with van der Waals surface area (Å²) < 4.78 is 10.8. The number of fused-ring (bicyclic) bond motifs is 6. The van der Waals surface area contributed by atoms with Crippen molar-refractivity contribution in [2.24, 2.45) is 0 Å². The molecule has 0 unspecified atom stereocenters. The predicted molar refractivity (Wildman–Crippen MR) is 157 cm³/mol. The largest absolute Gasteiger partial charge is 4.00 e. The van der Waals surface area contributed by atoms with Crippen molar-refractivity contribution in [2.75, 3.05) is 0 Å². The molecule has 0 saturated carbocycles.